The smallest absolute Gasteiger partial charge is 0.165 e. The van der Waals surface area contributed by atoms with Crippen molar-refractivity contribution in [2.75, 3.05) is 33.5 Å². The minimum absolute atomic E-state index is 0.625. The van der Waals surface area contributed by atoms with Gasteiger partial charge in [0.2, 0.25) is 0 Å². The molecule has 7 nitrogen and oxygen atoms in total. The molecule has 1 N–H and O–H groups in total. The number of tetrazole rings is 1. The Labute approximate surface area is 107 Å². The quantitative estimate of drug-likeness (QED) is 0.682. The first kappa shape index (κ1) is 13.4. The third-order valence-electron chi connectivity index (χ3n) is 3.14. The molecule has 1 aliphatic heterocycles. The molecule has 2 rings (SSSR count). The molecule has 0 radical (unpaired) electrons. The molecule has 18 heavy (non-hydrogen) atoms. The summed E-state index contributed by atoms with van der Waals surface area (Å²) in [5, 5.41) is 15.1. The molecule has 0 aromatic carbocycles. The second-order valence-electron chi connectivity index (χ2n) is 4.50. The molecule has 1 saturated heterocycles. The maximum atomic E-state index is 5.35. The second kappa shape index (κ2) is 7.40. The van der Waals surface area contributed by atoms with Gasteiger partial charge in [-0.15, -0.1) is 5.10 Å². The molecule has 102 valence electrons. The van der Waals surface area contributed by atoms with Gasteiger partial charge >= 0.3 is 0 Å². The number of nitrogens with zero attached hydrogens (tertiary/aromatic N) is 4. The molecule has 0 unspecified atom stereocenters. The highest BCUT2D eigenvalue weighted by molar-refractivity contribution is 4.81. The normalized spacial score (nSPS) is 17.2. The van der Waals surface area contributed by atoms with Crippen molar-refractivity contribution in [2.24, 2.45) is 5.92 Å². The van der Waals surface area contributed by atoms with Gasteiger partial charge in [-0.05, 0) is 29.2 Å². The van der Waals surface area contributed by atoms with Crippen LogP contribution in [0.25, 0.3) is 0 Å². The van der Waals surface area contributed by atoms with Gasteiger partial charge in [0.1, 0.15) is 0 Å². The topological polar surface area (TPSA) is 74.1 Å². The molecule has 7 heteroatoms. The average molecular weight is 255 g/mol. The lowest BCUT2D eigenvalue weighted by atomic mass is 10.0. The van der Waals surface area contributed by atoms with Gasteiger partial charge < -0.3 is 14.8 Å². The van der Waals surface area contributed by atoms with Gasteiger partial charge in [-0.1, -0.05) is 0 Å². The maximum Gasteiger partial charge on any atom is 0.165 e. The average Bonchev–Trinajstić information content (AvgIpc) is 2.83. The van der Waals surface area contributed by atoms with Crippen LogP contribution >= 0.6 is 0 Å². The lowest BCUT2D eigenvalue weighted by molar-refractivity contribution is 0.0596. The fraction of sp³-hybridized carbons (Fsp3) is 0.909. The molecule has 0 bridgehead atoms. The van der Waals surface area contributed by atoms with Gasteiger partial charge in [0, 0.05) is 33.4 Å². The van der Waals surface area contributed by atoms with Crippen LogP contribution in [0, 0.1) is 5.92 Å². The molecule has 0 aliphatic carbocycles. The minimum atomic E-state index is 0.625. The Kier molecular flexibility index (Phi) is 5.50. The Hall–Kier alpha value is -1.05. The molecule has 0 atom stereocenters. The van der Waals surface area contributed by atoms with Gasteiger partial charge in [-0.25, -0.2) is 4.68 Å². The summed E-state index contributed by atoms with van der Waals surface area (Å²) >= 11 is 0. The zero-order valence-electron chi connectivity index (χ0n) is 10.8. The number of aromatic nitrogens is 4. The number of methoxy groups -OCH3 is 1. The monoisotopic (exact) mass is 255 g/mol. The van der Waals surface area contributed by atoms with Crippen molar-refractivity contribution in [3.8, 4) is 0 Å². The van der Waals surface area contributed by atoms with Crippen molar-refractivity contribution in [1.29, 1.82) is 0 Å². The van der Waals surface area contributed by atoms with Crippen molar-refractivity contribution in [2.45, 2.75) is 25.9 Å². The summed E-state index contributed by atoms with van der Waals surface area (Å²) in [7, 11) is 1.69. The molecule has 0 spiro atoms. The molecule has 0 amide bonds. The summed E-state index contributed by atoms with van der Waals surface area (Å²) in [6.45, 7) is 4.78. The standard InChI is InChI=1S/C11H21N5O2/c1-17-7-4-12-8-11-13-14-15-16(11)9-10-2-5-18-6-3-10/h10,12H,2-9H2,1H3. The van der Waals surface area contributed by atoms with Crippen molar-refractivity contribution in [3.63, 3.8) is 0 Å². The number of rotatable bonds is 7. The zero-order chi connectivity index (χ0) is 12.6. The van der Waals surface area contributed by atoms with Gasteiger partial charge in [0.05, 0.1) is 13.2 Å². The highest BCUT2D eigenvalue weighted by atomic mass is 16.5. The van der Waals surface area contributed by atoms with E-state index in [0.717, 1.165) is 45.0 Å². The van der Waals surface area contributed by atoms with Crippen molar-refractivity contribution in [1.82, 2.24) is 25.5 Å². The van der Waals surface area contributed by atoms with Crippen LogP contribution in [-0.4, -0.2) is 53.7 Å². The molecule has 1 aliphatic rings. The zero-order valence-corrected chi connectivity index (χ0v) is 10.8. The van der Waals surface area contributed by atoms with Crippen LogP contribution in [0.3, 0.4) is 0 Å². The van der Waals surface area contributed by atoms with E-state index in [2.05, 4.69) is 20.8 Å². The van der Waals surface area contributed by atoms with Crippen LogP contribution in [0.1, 0.15) is 18.7 Å². The minimum Gasteiger partial charge on any atom is -0.383 e. The van der Waals surface area contributed by atoms with E-state index in [9.17, 15) is 0 Å². The van der Waals surface area contributed by atoms with Crippen LogP contribution in [0.15, 0.2) is 0 Å². The molecule has 1 fully saturated rings. The van der Waals surface area contributed by atoms with E-state index in [1.165, 1.54) is 0 Å². The van der Waals surface area contributed by atoms with Gasteiger partial charge in [-0.2, -0.15) is 0 Å². The maximum absolute atomic E-state index is 5.35. The Morgan fingerprint density at radius 3 is 3.06 bits per heavy atom. The fourth-order valence-corrected chi connectivity index (χ4v) is 2.04. The van der Waals surface area contributed by atoms with Crippen molar-refractivity contribution < 1.29 is 9.47 Å². The summed E-state index contributed by atoms with van der Waals surface area (Å²) in [5.41, 5.74) is 0. The summed E-state index contributed by atoms with van der Waals surface area (Å²) < 4.78 is 12.2. The molecule has 0 saturated carbocycles. The number of ether oxygens (including phenoxy) is 2. The Bertz CT molecular complexity index is 338. The number of hydrogen-bond acceptors (Lipinski definition) is 6. The van der Waals surface area contributed by atoms with Crippen molar-refractivity contribution in [3.05, 3.63) is 5.82 Å². The van der Waals surface area contributed by atoms with Crippen molar-refractivity contribution >= 4 is 0 Å². The van der Waals surface area contributed by atoms with Gasteiger partial charge in [0.25, 0.3) is 0 Å². The van der Waals surface area contributed by atoms with Crippen LogP contribution in [0.2, 0.25) is 0 Å². The summed E-state index contributed by atoms with van der Waals surface area (Å²) in [6.07, 6.45) is 2.19. The van der Waals surface area contributed by atoms with E-state index < -0.39 is 0 Å². The molecule has 1 aromatic heterocycles. The highest BCUT2D eigenvalue weighted by Crippen LogP contribution is 2.16. The Balaban J connectivity index is 1.79. The lowest BCUT2D eigenvalue weighted by Gasteiger charge is -2.21. The van der Waals surface area contributed by atoms with E-state index in [-0.39, 0.29) is 0 Å². The van der Waals surface area contributed by atoms with Gasteiger partial charge in [-0.3, -0.25) is 0 Å². The van der Waals surface area contributed by atoms with Crippen LogP contribution in [0.5, 0.6) is 0 Å². The molecule has 2 heterocycles. The molecular weight excluding hydrogens is 234 g/mol. The van der Waals surface area contributed by atoms with E-state index >= 15 is 0 Å². The molecular formula is C11H21N5O2. The summed E-state index contributed by atoms with van der Waals surface area (Å²) in [5.74, 6) is 1.51. The number of hydrogen-bond donors (Lipinski definition) is 1. The van der Waals surface area contributed by atoms with Gasteiger partial charge in [0.15, 0.2) is 5.82 Å². The SMILES string of the molecule is COCCNCc1nnnn1CC1CCOCC1. The molecule has 1 aromatic rings. The highest BCUT2D eigenvalue weighted by Gasteiger charge is 2.16. The Morgan fingerprint density at radius 1 is 1.44 bits per heavy atom. The first-order valence-corrected chi connectivity index (χ1v) is 6.42. The predicted octanol–water partition coefficient (Wildman–Crippen LogP) is -0.164. The van der Waals surface area contributed by atoms with E-state index in [1.807, 2.05) is 4.68 Å². The lowest BCUT2D eigenvalue weighted by Crippen LogP contribution is -2.25. The van der Waals surface area contributed by atoms with Crippen LogP contribution in [-0.2, 0) is 22.6 Å². The predicted molar refractivity (Wildman–Crippen MR) is 64.9 cm³/mol. The first-order chi connectivity index (χ1) is 8.90. The van der Waals surface area contributed by atoms with Crippen LogP contribution < -0.4 is 5.32 Å². The first-order valence-electron chi connectivity index (χ1n) is 6.42. The van der Waals surface area contributed by atoms with E-state index in [0.29, 0.717) is 19.1 Å². The fourth-order valence-electron chi connectivity index (χ4n) is 2.04. The largest absolute Gasteiger partial charge is 0.383 e. The third-order valence-corrected chi connectivity index (χ3v) is 3.14. The summed E-state index contributed by atoms with van der Waals surface area (Å²) in [6, 6.07) is 0. The third kappa shape index (κ3) is 4.01. The van der Waals surface area contributed by atoms with E-state index in [4.69, 9.17) is 9.47 Å². The van der Waals surface area contributed by atoms with Crippen LogP contribution in [0.4, 0.5) is 0 Å². The Morgan fingerprint density at radius 2 is 2.28 bits per heavy atom. The number of nitrogens with one attached hydrogen (secondary N) is 1. The second-order valence-corrected chi connectivity index (χ2v) is 4.50. The van der Waals surface area contributed by atoms with E-state index in [1.54, 1.807) is 7.11 Å². The summed E-state index contributed by atoms with van der Waals surface area (Å²) in [4.78, 5) is 0.